The summed E-state index contributed by atoms with van der Waals surface area (Å²) in [6, 6.07) is 8.06. The number of aryl methyl sites for hydroxylation is 2. The topological polar surface area (TPSA) is 49.4 Å². The molecule has 0 spiro atoms. The molecule has 1 atom stereocenters. The lowest BCUT2D eigenvalue weighted by Gasteiger charge is -2.36. The standard InChI is InChI=1S/C20H23FN2O2S/c1-13-10-17(14(2)26-13)19(24)6-7-20(25)23-9-8-22-12-18(23)15-4-3-5-16(21)11-15/h3-5,10-11,18,22H,6-9,12H2,1-2H3. The molecule has 6 heteroatoms. The van der Waals surface area contributed by atoms with E-state index in [1.54, 1.807) is 22.3 Å². The van der Waals surface area contributed by atoms with Crippen molar-refractivity contribution >= 4 is 23.0 Å². The van der Waals surface area contributed by atoms with E-state index >= 15 is 0 Å². The minimum absolute atomic E-state index is 0.0117. The van der Waals surface area contributed by atoms with Crippen molar-refractivity contribution in [1.82, 2.24) is 10.2 Å². The molecule has 1 fully saturated rings. The highest BCUT2D eigenvalue weighted by atomic mass is 32.1. The summed E-state index contributed by atoms with van der Waals surface area (Å²) < 4.78 is 13.6. The quantitative estimate of drug-likeness (QED) is 0.813. The molecule has 3 rings (SSSR count). The van der Waals surface area contributed by atoms with Crippen LogP contribution in [0.15, 0.2) is 30.3 Å². The zero-order valence-electron chi connectivity index (χ0n) is 15.0. The molecule has 2 aromatic rings. The van der Waals surface area contributed by atoms with Crippen LogP contribution in [0.2, 0.25) is 0 Å². The molecule has 0 aliphatic carbocycles. The largest absolute Gasteiger partial charge is 0.333 e. The molecule has 1 aliphatic heterocycles. The lowest BCUT2D eigenvalue weighted by atomic mass is 10.0. The summed E-state index contributed by atoms with van der Waals surface area (Å²) >= 11 is 1.60. The van der Waals surface area contributed by atoms with Crippen molar-refractivity contribution in [3.63, 3.8) is 0 Å². The number of hydrogen-bond donors (Lipinski definition) is 1. The van der Waals surface area contributed by atoms with Crippen LogP contribution >= 0.6 is 11.3 Å². The van der Waals surface area contributed by atoms with E-state index < -0.39 is 0 Å². The van der Waals surface area contributed by atoms with Gasteiger partial charge in [-0.3, -0.25) is 9.59 Å². The van der Waals surface area contributed by atoms with Crippen LogP contribution < -0.4 is 5.32 Å². The second-order valence-corrected chi connectivity index (χ2v) is 8.07. The third-order valence-electron chi connectivity index (χ3n) is 4.70. The van der Waals surface area contributed by atoms with E-state index in [0.29, 0.717) is 19.6 Å². The monoisotopic (exact) mass is 374 g/mol. The maximum absolute atomic E-state index is 13.6. The fourth-order valence-corrected chi connectivity index (χ4v) is 4.36. The molecule has 138 valence electrons. The number of thiophene rings is 1. The molecule has 4 nitrogen and oxygen atoms in total. The fourth-order valence-electron chi connectivity index (χ4n) is 3.42. The average Bonchev–Trinajstić information content (AvgIpc) is 2.97. The van der Waals surface area contributed by atoms with Gasteiger partial charge in [0.15, 0.2) is 5.78 Å². The number of nitrogens with one attached hydrogen (secondary N) is 1. The van der Waals surface area contributed by atoms with Gasteiger partial charge in [0, 0.05) is 47.8 Å². The van der Waals surface area contributed by atoms with Gasteiger partial charge in [-0.15, -0.1) is 11.3 Å². The average molecular weight is 374 g/mol. The molecule has 1 aromatic carbocycles. The second kappa shape index (κ2) is 8.10. The Labute approximate surface area is 157 Å². The number of hydrogen-bond acceptors (Lipinski definition) is 4. The van der Waals surface area contributed by atoms with Gasteiger partial charge in [-0.1, -0.05) is 12.1 Å². The van der Waals surface area contributed by atoms with Crippen molar-refractivity contribution in [2.75, 3.05) is 19.6 Å². The number of carbonyl (C=O) groups is 2. The van der Waals surface area contributed by atoms with E-state index in [-0.39, 0.29) is 36.4 Å². The van der Waals surface area contributed by atoms with Gasteiger partial charge in [0.2, 0.25) is 5.91 Å². The number of Topliss-reactive ketones (excluding diaryl/α,β-unsaturated/α-hetero) is 1. The second-order valence-electron chi connectivity index (χ2n) is 6.61. The molecule has 26 heavy (non-hydrogen) atoms. The number of benzene rings is 1. The molecule has 1 amide bonds. The van der Waals surface area contributed by atoms with Crippen LogP contribution in [0.3, 0.4) is 0 Å². The van der Waals surface area contributed by atoms with Crippen LogP contribution in [0.5, 0.6) is 0 Å². The summed E-state index contributed by atoms with van der Waals surface area (Å²) in [7, 11) is 0. The van der Waals surface area contributed by atoms with Gasteiger partial charge in [-0.25, -0.2) is 4.39 Å². The Bertz CT molecular complexity index is 818. The zero-order valence-corrected chi connectivity index (χ0v) is 15.9. The van der Waals surface area contributed by atoms with E-state index in [1.165, 1.54) is 12.1 Å². The summed E-state index contributed by atoms with van der Waals surface area (Å²) in [6.45, 7) is 5.76. The molecule has 1 aromatic heterocycles. The summed E-state index contributed by atoms with van der Waals surface area (Å²) in [5.41, 5.74) is 1.50. The predicted molar refractivity (Wildman–Crippen MR) is 101 cm³/mol. The van der Waals surface area contributed by atoms with Crippen LogP contribution in [0.4, 0.5) is 4.39 Å². The third-order valence-corrected chi connectivity index (χ3v) is 5.67. The Morgan fingerprint density at radius 2 is 2.08 bits per heavy atom. The Morgan fingerprint density at radius 1 is 1.27 bits per heavy atom. The van der Waals surface area contributed by atoms with Crippen LogP contribution in [0.25, 0.3) is 0 Å². The highest BCUT2D eigenvalue weighted by Gasteiger charge is 2.28. The van der Waals surface area contributed by atoms with Crippen LogP contribution in [-0.4, -0.2) is 36.2 Å². The SMILES string of the molecule is Cc1cc(C(=O)CCC(=O)N2CCNCC2c2cccc(F)c2)c(C)s1. The van der Waals surface area contributed by atoms with Crippen molar-refractivity contribution in [2.24, 2.45) is 0 Å². The number of carbonyl (C=O) groups excluding carboxylic acids is 2. The number of rotatable bonds is 5. The summed E-state index contributed by atoms with van der Waals surface area (Å²) in [5.74, 6) is -0.352. The molecule has 0 saturated carbocycles. The first-order chi connectivity index (χ1) is 12.5. The first-order valence-corrected chi connectivity index (χ1v) is 9.63. The van der Waals surface area contributed by atoms with E-state index in [9.17, 15) is 14.0 Å². The number of halogens is 1. The molecule has 1 unspecified atom stereocenters. The first kappa shape index (κ1) is 18.7. The van der Waals surface area contributed by atoms with Gasteiger partial charge in [-0.05, 0) is 37.6 Å². The summed E-state index contributed by atoms with van der Waals surface area (Å²) in [4.78, 5) is 29.1. The van der Waals surface area contributed by atoms with Gasteiger partial charge >= 0.3 is 0 Å². The summed E-state index contributed by atoms with van der Waals surface area (Å²) in [6.07, 6.45) is 0.384. The van der Waals surface area contributed by atoms with E-state index in [0.717, 1.165) is 20.9 Å². The van der Waals surface area contributed by atoms with Crippen LogP contribution in [-0.2, 0) is 4.79 Å². The minimum atomic E-state index is -0.307. The molecular weight excluding hydrogens is 351 g/mol. The van der Waals surface area contributed by atoms with Gasteiger partial charge in [0.05, 0.1) is 6.04 Å². The van der Waals surface area contributed by atoms with Crippen molar-refractivity contribution in [3.8, 4) is 0 Å². The Hall–Kier alpha value is -2.05. The van der Waals surface area contributed by atoms with Gasteiger partial charge < -0.3 is 10.2 Å². The van der Waals surface area contributed by atoms with Crippen LogP contribution in [0, 0.1) is 19.7 Å². The van der Waals surface area contributed by atoms with Crippen molar-refractivity contribution in [3.05, 3.63) is 57.0 Å². The molecular formula is C20H23FN2O2S. The van der Waals surface area contributed by atoms with Crippen molar-refractivity contribution in [2.45, 2.75) is 32.7 Å². The van der Waals surface area contributed by atoms with Gasteiger partial charge in [-0.2, -0.15) is 0 Å². The lowest BCUT2D eigenvalue weighted by Crippen LogP contribution is -2.48. The Balaban J connectivity index is 1.67. The number of nitrogens with zero attached hydrogens (tertiary/aromatic N) is 1. The van der Waals surface area contributed by atoms with E-state index in [4.69, 9.17) is 0 Å². The Kier molecular flexibility index (Phi) is 5.84. The third kappa shape index (κ3) is 4.19. The number of amides is 1. The molecule has 1 saturated heterocycles. The van der Waals surface area contributed by atoms with Gasteiger partial charge in [0.25, 0.3) is 0 Å². The first-order valence-electron chi connectivity index (χ1n) is 8.81. The van der Waals surface area contributed by atoms with Crippen molar-refractivity contribution < 1.29 is 14.0 Å². The highest BCUT2D eigenvalue weighted by Crippen LogP contribution is 2.25. The maximum atomic E-state index is 13.6. The lowest BCUT2D eigenvalue weighted by molar-refractivity contribution is -0.134. The highest BCUT2D eigenvalue weighted by molar-refractivity contribution is 7.12. The fraction of sp³-hybridized carbons (Fsp3) is 0.400. The smallest absolute Gasteiger partial charge is 0.223 e. The number of piperazine rings is 1. The Morgan fingerprint density at radius 3 is 2.77 bits per heavy atom. The number of ketones is 1. The molecule has 1 aliphatic rings. The van der Waals surface area contributed by atoms with Crippen LogP contribution in [0.1, 0.15) is 44.6 Å². The predicted octanol–water partition coefficient (Wildman–Crippen LogP) is 3.64. The minimum Gasteiger partial charge on any atom is -0.333 e. The normalized spacial score (nSPS) is 17.3. The molecule has 1 N–H and O–H groups in total. The van der Waals surface area contributed by atoms with Gasteiger partial charge in [0.1, 0.15) is 5.82 Å². The summed E-state index contributed by atoms with van der Waals surface area (Å²) in [5, 5.41) is 3.26. The van der Waals surface area contributed by atoms with E-state index in [1.807, 2.05) is 26.0 Å². The van der Waals surface area contributed by atoms with E-state index in [2.05, 4.69) is 5.32 Å². The molecule has 0 bridgehead atoms. The van der Waals surface area contributed by atoms with Crippen molar-refractivity contribution in [1.29, 1.82) is 0 Å². The molecule has 2 heterocycles. The molecule has 0 radical (unpaired) electrons. The zero-order chi connectivity index (χ0) is 18.7. The maximum Gasteiger partial charge on any atom is 0.223 e.